The molecule has 0 aliphatic carbocycles. The molecule has 1 N–H and O–H groups in total. The maximum atomic E-state index is 12.8. The van der Waals surface area contributed by atoms with Crippen molar-refractivity contribution in [3.63, 3.8) is 0 Å². The summed E-state index contributed by atoms with van der Waals surface area (Å²) in [5, 5.41) is 0. The molecular weight excluding hydrogens is 335 g/mol. The number of methoxy groups -OCH3 is 1. The van der Waals surface area contributed by atoms with E-state index >= 15 is 0 Å². The van der Waals surface area contributed by atoms with Gasteiger partial charge in [0, 0.05) is 19.7 Å². The van der Waals surface area contributed by atoms with Crippen molar-refractivity contribution in [1.82, 2.24) is 9.55 Å². The van der Waals surface area contributed by atoms with E-state index in [1.54, 1.807) is 0 Å². The smallest absolute Gasteiger partial charge is 0.330 e. The molecule has 8 heteroatoms. The fourth-order valence-corrected chi connectivity index (χ4v) is 2.44. The first-order chi connectivity index (χ1) is 9.60. The Balaban J connectivity index is 2.36. The van der Waals surface area contributed by atoms with Crippen LogP contribution in [0.4, 0.5) is 4.39 Å². The van der Waals surface area contributed by atoms with Crippen LogP contribution in [0.15, 0.2) is 20.8 Å². The quantitative estimate of drug-likeness (QED) is 0.886. The molecule has 2 rings (SSSR count). The Labute approximate surface area is 122 Å². The highest BCUT2D eigenvalue weighted by Gasteiger charge is 2.36. The van der Waals surface area contributed by atoms with Gasteiger partial charge in [-0.1, -0.05) is 15.9 Å². The summed E-state index contributed by atoms with van der Waals surface area (Å²) >= 11 is 3.07. The third-order valence-corrected chi connectivity index (χ3v) is 3.45. The minimum absolute atomic E-state index is 0.294. The van der Waals surface area contributed by atoms with Gasteiger partial charge in [-0.05, 0) is 11.1 Å². The highest BCUT2D eigenvalue weighted by Crippen LogP contribution is 2.29. The normalized spacial score (nSPS) is 26.4. The van der Waals surface area contributed by atoms with Crippen molar-refractivity contribution in [2.24, 2.45) is 0 Å². The van der Waals surface area contributed by atoms with Crippen LogP contribution in [0.25, 0.3) is 6.08 Å². The van der Waals surface area contributed by atoms with Crippen molar-refractivity contribution in [3.8, 4) is 0 Å². The van der Waals surface area contributed by atoms with Crippen LogP contribution in [0.3, 0.4) is 0 Å². The van der Waals surface area contributed by atoms with Gasteiger partial charge in [-0.2, -0.15) is 0 Å². The Morgan fingerprint density at radius 2 is 2.40 bits per heavy atom. The molecule has 0 bridgehead atoms. The van der Waals surface area contributed by atoms with Crippen LogP contribution in [-0.2, 0) is 9.47 Å². The van der Waals surface area contributed by atoms with Gasteiger partial charge in [-0.15, -0.1) is 0 Å². The highest BCUT2D eigenvalue weighted by atomic mass is 79.9. The van der Waals surface area contributed by atoms with Gasteiger partial charge in [0.2, 0.25) is 0 Å². The molecule has 0 radical (unpaired) electrons. The lowest BCUT2D eigenvalue weighted by atomic mass is 10.2. The van der Waals surface area contributed by atoms with Crippen LogP contribution in [0.5, 0.6) is 0 Å². The monoisotopic (exact) mass is 348 g/mol. The van der Waals surface area contributed by atoms with E-state index in [0.29, 0.717) is 12.0 Å². The number of nitrogens with one attached hydrogen (secondary N) is 1. The minimum Gasteiger partial charge on any atom is -0.378 e. The van der Waals surface area contributed by atoms with Gasteiger partial charge in [0.05, 0.1) is 11.7 Å². The van der Waals surface area contributed by atoms with Gasteiger partial charge >= 0.3 is 5.69 Å². The largest absolute Gasteiger partial charge is 0.378 e. The molecule has 0 aromatic carbocycles. The van der Waals surface area contributed by atoms with Gasteiger partial charge in [0.25, 0.3) is 5.56 Å². The Kier molecular flexibility index (Phi) is 4.90. The molecule has 6 nitrogen and oxygen atoms in total. The van der Waals surface area contributed by atoms with Gasteiger partial charge in [-0.25, -0.2) is 9.18 Å². The summed E-state index contributed by atoms with van der Waals surface area (Å²) in [6.45, 7) is -0.693. The number of ether oxygens (including phenoxy) is 2. The summed E-state index contributed by atoms with van der Waals surface area (Å²) in [5.74, 6) is 0. The van der Waals surface area contributed by atoms with Crippen LogP contribution in [0, 0.1) is 0 Å². The molecule has 0 saturated carbocycles. The van der Waals surface area contributed by atoms with E-state index < -0.39 is 36.4 Å². The van der Waals surface area contributed by atoms with E-state index in [0.717, 1.165) is 0 Å². The topological polar surface area (TPSA) is 73.3 Å². The lowest BCUT2D eigenvalue weighted by molar-refractivity contribution is -0.0392. The molecule has 110 valence electrons. The molecule has 2 heterocycles. The zero-order chi connectivity index (χ0) is 14.7. The zero-order valence-electron chi connectivity index (χ0n) is 10.7. The molecule has 0 spiro atoms. The van der Waals surface area contributed by atoms with Crippen LogP contribution in [0.1, 0.15) is 18.2 Å². The van der Waals surface area contributed by atoms with Crippen LogP contribution in [-0.4, -0.2) is 35.5 Å². The standard InChI is InChI=1S/C12H14BrFN2O4/c1-19-8-4-10(20-9(8)5-14)16-6-7(2-3-13)11(17)15-12(16)18/h2-3,6,8-10H,4-5H2,1H3,(H,15,17,18)/t8-,9+,10+/m0/s1. The average Bonchev–Trinajstić information content (AvgIpc) is 2.85. The second-order valence-electron chi connectivity index (χ2n) is 4.34. The predicted octanol–water partition coefficient (Wildman–Crippen LogP) is 1.17. The first kappa shape index (κ1) is 15.1. The third kappa shape index (κ3) is 2.92. The van der Waals surface area contributed by atoms with Crippen molar-refractivity contribution in [3.05, 3.63) is 37.6 Å². The van der Waals surface area contributed by atoms with Gasteiger partial charge in [-0.3, -0.25) is 14.3 Å². The molecular formula is C12H14BrFN2O4. The molecule has 1 saturated heterocycles. The van der Waals surface area contributed by atoms with Gasteiger partial charge in [0.1, 0.15) is 19.0 Å². The molecule has 1 aromatic rings. The number of alkyl halides is 1. The summed E-state index contributed by atoms with van der Waals surface area (Å²) < 4.78 is 24.7. The van der Waals surface area contributed by atoms with Crippen molar-refractivity contribution >= 4 is 22.0 Å². The first-order valence-electron chi connectivity index (χ1n) is 5.97. The molecule has 0 unspecified atom stereocenters. The number of halogens is 2. The second-order valence-corrected chi connectivity index (χ2v) is 4.87. The lowest BCUT2D eigenvalue weighted by Gasteiger charge is -2.14. The number of rotatable bonds is 4. The highest BCUT2D eigenvalue weighted by molar-refractivity contribution is 9.11. The van der Waals surface area contributed by atoms with E-state index in [9.17, 15) is 14.0 Å². The maximum Gasteiger partial charge on any atom is 0.330 e. The molecule has 0 amide bonds. The van der Waals surface area contributed by atoms with Crippen molar-refractivity contribution < 1.29 is 13.9 Å². The van der Waals surface area contributed by atoms with Crippen LogP contribution in [0.2, 0.25) is 0 Å². The predicted molar refractivity (Wildman–Crippen MR) is 74.6 cm³/mol. The molecule has 1 fully saturated rings. The Morgan fingerprint density at radius 1 is 1.65 bits per heavy atom. The Bertz CT molecular complexity index is 600. The third-order valence-electron chi connectivity index (χ3n) is 3.18. The Morgan fingerprint density at radius 3 is 2.95 bits per heavy atom. The first-order valence-corrected chi connectivity index (χ1v) is 6.88. The molecule has 1 aromatic heterocycles. The summed E-state index contributed by atoms with van der Waals surface area (Å²) in [6.07, 6.45) is 1.45. The molecule has 1 aliphatic rings. The Hall–Kier alpha value is -1.25. The summed E-state index contributed by atoms with van der Waals surface area (Å²) in [5.41, 5.74) is -0.797. The fourth-order valence-electron chi connectivity index (χ4n) is 2.16. The molecule has 20 heavy (non-hydrogen) atoms. The molecule has 1 aliphatic heterocycles. The summed E-state index contributed by atoms with van der Waals surface area (Å²) in [4.78, 5) is 27.1. The number of hydrogen-bond donors (Lipinski definition) is 1. The van der Waals surface area contributed by atoms with Crippen LogP contribution >= 0.6 is 15.9 Å². The number of hydrogen-bond acceptors (Lipinski definition) is 4. The lowest BCUT2D eigenvalue weighted by Crippen LogP contribution is -2.33. The second kappa shape index (κ2) is 6.47. The van der Waals surface area contributed by atoms with E-state index in [1.165, 1.54) is 28.9 Å². The number of aromatic nitrogens is 2. The summed E-state index contributed by atoms with van der Waals surface area (Å²) in [6, 6.07) is 0. The maximum absolute atomic E-state index is 12.8. The summed E-state index contributed by atoms with van der Waals surface area (Å²) in [7, 11) is 1.47. The van der Waals surface area contributed by atoms with E-state index in [-0.39, 0.29) is 0 Å². The SMILES string of the molecule is CO[C@H]1C[C@H](n2cc(C=CBr)c(=O)[nH]c2=O)O[C@@H]1CF. The van der Waals surface area contributed by atoms with Crippen molar-refractivity contribution in [1.29, 1.82) is 0 Å². The van der Waals surface area contributed by atoms with Gasteiger partial charge < -0.3 is 9.47 Å². The van der Waals surface area contributed by atoms with E-state index in [4.69, 9.17) is 9.47 Å². The average molecular weight is 349 g/mol. The molecule has 3 atom stereocenters. The fraction of sp³-hybridized carbons (Fsp3) is 0.500. The van der Waals surface area contributed by atoms with E-state index in [1.807, 2.05) is 0 Å². The van der Waals surface area contributed by atoms with E-state index in [2.05, 4.69) is 20.9 Å². The minimum atomic E-state index is -0.709. The number of aromatic amines is 1. The van der Waals surface area contributed by atoms with Crippen molar-refractivity contribution in [2.75, 3.05) is 13.8 Å². The number of H-pyrrole nitrogens is 1. The number of nitrogens with zero attached hydrogens (tertiary/aromatic N) is 1. The van der Waals surface area contributed by atoms with Gasteiger partial charge in [0.15, 0.2) is 0 Å². The zero-order valence-corrected chi connectivity index (χ0v) is 12.3. The van der Waals surface area contributed by atoms with Crippen molar-refractivity contribution in [2.45, 2.75) is 24.9 Å². The van der Waals surface area contributed by atoms with Crippen LogP contribution < -0.4 is 11.2 Å².